The van der Waals surface area contributed by atoms with Crippen molar-refractivity contribution >= 4 is 42.7 Å². The van der Waals surface area contributed by atoms with Gasteiger partial charge in [-0.05, 0) is 47.8 Å². The van der Waals surface area contributed by atoms with Gasteiger partial charge in [-0.15, -0.1) is 0 Å². The van der Waals surface area contributed by atoms with Crippen molar-refractivity contribution in [3.8, 4) is 23.7 Å². The molecular formula is C33H39ClN8O4Si. The van der Waals surface area contributed by atoms with Gasteiger partial charge in [-0.1, -0.05) is 59.2 Å². The Bertz CT molecular complexity index is 1760. The van der Waals surface area contributed by atoms with Gasteiger partial charge in [0, 0.05) is 6.20 Å². The first-order valence-corrected chi connectivity index (χ1v) is 17.9. The van der Waals surface area contributed by atoms with E-state index in [2.05, 4.69) is 73.0 Å². The first kappa shape index (κ1) is 35.5. The van der Waals surface area contributed by atoms with Gasteiger partial charge in [0.15, 0.2) is 14.0 Å². The highest BCUT2D eigenvalue weighted by Crippen LogP contribution is 2.42. The van der Waals surface area contributed by atoms with Crippen LogP contribution >= 0.6 is 11.6 Å². The zero-order valence-corrected chi connectivity index (χ0v) is 29.3. The number of nitrogens with zero attached hydrogens (tertiary/aromatic N) is 7. The number of carbonyl (C=O) groups excluding carboxylic acids is 1. The lowest BCUT2D eigenvalue weighted by Crippen LogP contribution is -2.49. The number of hydrogen-bond acceptors (Lipinski definition) is 10. The van der Waals surface area contributed by atoms with E-state index in [0.717, 1.165) is 0 Å². The predicted molar refractivity (Wildman–Crippen MR) is 181 cm³/mol. The maximum atomic E-state index is 13.6. The number of amides is 1. The van der Waals surface area contributed by atoms with Crippen molar-refractivity contribution in [3.63, 3.8) is 0 Å². The summed E-state index contributed by atoms with van der Waals surface area (Å²) in [6.45, 7) is 15.5. The molecular weight excluding hydrogens is 636 g/mol. The average molecular weight is 675 g/mol. The van der Waals surface area contributed by atoms with Crippen molar-refractivity contribution in [2.24, 2.45) is 0 Å². The molecule has 0 aliphatic carbocycles. The van der Waals surface area contributed by atoms with Crippen LogP contribution in [0.3, 0.4) is 0 Å². The number of pyridine rings is 1. The van der Waals surface area contributed by atoms with Crippen molar-refractivity contribution in [2.75, 3.05) is 18.5 Å². The Morgan fingerprint density at radius 2 is 1.68 bits per heavy atom. The highest BCUT2D eigenvalue weighted by Gasteiger charge is 2.45. The maximum Gasteiger partial charge on any atom is 0.269 e. The highest BCUT2D eigenvalue weighted by atomic mass is 35.5. The molecule has 0 radical (unpaired) electrons. The number of aromatic nitrogens is 5. The monoisotopic (exact) mass is 674 g/mol. The van der Waals surface area contributed by atoms with E-state index in [1.54, 1.807) is 24.3 Å². The molecule has 2 atom stereocenters. The van der Waals surface area contributed by atoms with E-state index in [9.17, 15) is 10.1 Å². The Hall–Kier alpha value is -4.40. The second-order valence-corrected chi connectivity index (χ2v) is 18.0. The van der Waals surface area contributed by atoms with E-state index in [0.29, 0.717) is 56.1 Å². The van der Waals surface area contributed by atoms with Gasteiger partial charge in [-0.2, -0.15) is 15.6 Å². The van der Waals surface area contributed by atoms with E-state index in [1.165, 1.54) is 29.5 Å². The fraction of sp³-hybridized carbons (Fsp3) is 0.424. The Morgan fingerprint density at radius 1 is 0.957 bits per heavy atom. The van der Waals surface area contributed by atoms with Gasteiger partial charge in [0.1, 0.15) is 35.4 Å². The molecule has 0 aliphatic rings. The quantitative estimate of drug-likeness (QED) is 0.144. The molecule has 0 saturated carbocycles. The van der Waals surface area contributed by atoms with Crippen molar-refractivity contribution in [1.29, 1.82) is 10.5 Å². The first-order valence-electron chi connectivity index (χ1n) is 15.4. The fourth-order valence-corrected chi connectivity index (χ4v) is 11.8. The number of carbonyl (C=O) groups is 1. The van der Waals surface area contributed by atoms with E-state index < -0.39 is 20.3 Å². The van der Waals surface area contributed by atoms with E-state index in [4.69, 9.17) is 30.8 Å². The lowest BCUT2D eigenvalue weighted by molar-refractivity contribution is -0.127. The number of nitriles is 2. The van der Waals surface area contributed by atoms with Gasteiger partial charge in [0.2, 0.25) is 12.0 Å². The number of ether oxygens (including phenoxy) is 2. The molecule has 0 spiro atoms. The van der Waals surface area contributed by atoms with Crippen LogP contribution in [0.5, 0.6) is 5.88 Å². The van der Waals surface area contributed by atoms with E-state index >= 15 is 0 Å². The molecule has 14 heteroatoms. The molecule has 12 nitrogen and oxygen atoms in total. The molecule has 4 rings (SSSR count). The molecule has 1 aromatic carbocycles. The smallest absolute Gasteiger partial charge is 0.269 e. The van der Waals surface area contributed by atoms with Crippen molar-refractivity contribution < 1.29 is 18.7 Å². The minimum atomic E-state index is -2.13. The van der Waals surface area contributed by atoms with Crippen LogP contribution in [0.4, 0.5) is 5.82 Å². The Kier molecular flexibility index (Phi) is 11.7. The standard InChI is InChI=1S/C33H39ClN8O4Si/c1-20(2)47(21(3)4,22(5)6)45-17-23(7)44-18-28(32(43)41-29-12-11-24(13-35)15-37-29)46-33-26-16-40-42(31(26)38-19-39-33)30-25(14-36)9-8-10-27(30)34/h8-12,15-16,19-23,28H,17-18H2,1-7H3,(H,37,41,43). The van der Waals surface area contributed by atoms with Crippen LogP contribution < -0.4 is 10.1 Å². The van der Waals surface area contributed by atoms with Gasteiger partial charge < -0.3 is 19.2 Å². The molecule has 1 amide bonds. The Morgan fingerprint density at radius 3 is 2.30 bits per heavy atom. The van der Waals surface area contributed by atoms with Crippen molar-refractivity contribution in [2.45, 2.75) is 77.3 Å². The summed E-state index contributed by atoms with van der Waals surface area (Å²) in [5.74, 6) is -0.218. The fourth-order valence-electron chi connectivity index (χ4n) is 6.00. The van der Waals surface area contributed by atoms with Gasteiger partial charge >= 0.3 is 0 Å². The predicted octanol–water partition coefficient (Wildman–Crippen LogP) is 6.59. The van der Waals surface area contributed by atoms with Crippen LogP contribution in [0.25, 0.3) is 16.7 Å². The average Bonchev–Trinajstić information content (AvgIpc) is 3.47. The summed E-state index contributed by atoms with van der Waals surface area (Å²) < 4.78 is 20.5. The van der Waals surface area contributed by atoms with Crippen LogP contribution in [-0.4, -0.2) is 64.4 Å². The number of halogens is 1. The van der Waals surface area contributed by atoms with Gasteiger partial charge in [0.05, 0.1) is 41.7 Å². The molecule has 1 N–H and O–H groups in total. The molecule has 0 bridgehead atoms. The summed E-state index contributed by atoms with van der Waals surface area (Å²) in [6, 6.07) is 12.2. The molecule has 0 saturated heterocycles. The number of hydrogen-bond donors (Lipinski definition) is 1. The third-order valence-corrected chi connectivity index (χ3v) is 14.5. The molecule has 2 unspecified atom stereocenters. The largest absolute Gasteiger partial charge is 0.461 e. The van der Waals surface area contributed by atoms with Crippen LogP contribution in [0.2, 0.25) is 21.6 Å². The molecule has 4 aromatic rings. The van der Waals surface area contributed by atoms with Crippen LogP contribution in [0, 0.1) is 22.7 Å². The van der Waals surface area contributed by atoms with Crippen LogP contribution in [-0.2, 0) is 14.0 Å². The lowest BCUT2D eigenvalue weighted by atomic mass is 10.2. The minimum Gasteiger partial charge on any atom is -0.461 e. The first-order chi connectivity index (χ1) is 22.4. The molecule has 0 fully saturated rings. The lowest BCUT2D eigenvalue weighted by Gasteiger charge is -2.42. The topological polar surface area (TPSA) is 161 Å². The number of para-hydroxylation sites is 1. The summed E-state index contributed by atoms with van der Waals surface area (Å²) in [6.07, 6.45) is 2.61. The van der Waals surface area contributed by atoms with Crippen molar-refractivity contribution in [3.05, 3.63) is 65.2 Å². The Balaban J connectivity index is 1.60. The molecule has 246 valence electrons. The van der Waals surface area contributed by atoms with Crippen LogP contribution in [0.1, 0.15) is 59.6 Å². The molecule has 3 aromatic heterocycles. The number of anilines is 1. The zero-order valence-electron chi connectivity index (χ0n) is 27.6. The molecule has 3 heterocycles. The SMILES string of the molecule is CC(CO[Si](C(C)C)(C(C)C)C(C)C)OCC(Oc1ncnc2c1cnn2-c1c(Cl)cccc1C#N)C(=O)Nc1ccc(C#N)cn1. The summed E-state index contributed by atoms with van der Waals surface area (Å²) >= 11 is 6.45. The second kappa shape index (κ2) is 15.5. The third kappa shape index (κ3) is 7.77. The highest BCUT2D eigenvalue weighted by molar-refractivity contribution is 6.77. The summed E-state index contributed by atoms with van der Waals surface area (Å²) in [5.41, 5.74) is 2.58. The zero-order chi connectivity index (χ0) is 34.3. The van der Waals surface area contributed by atoms with E-state index in [-0.39, 0.29) is 24.4 Å². The van der Waals surface area contributed by atoms with Gasteiger partial charge in [-0.3, -0.25) is 4.79 Å². The summed E-state index contributed by atoms with van der Waals surface area (Å²) in [4.78, 5) is 26.4. The molecule has 47 heavy (non-hydrogen) atoms. The van der Waals surface area contributed by atoms with Gasteiger partial charge in [0.25, 0.3) is 5.91 Å². The second-order valence-electron chi connectivity index (χ2n) is 12.1. The van der Waals surface area contributed by atoms with Gasteiger partial charge in [-0.25, -0.2) is 19.6 Å². The number of benzene rings is 1. The number of fused-ring (bicyclic) bond motifs is 1. The Labute approximate surface area is 280 Å². The van der Waals surface area contributed by atoms with Crippen molar-refractivity contribution in [1.82, 2.24) is 24.7 Å². The summed E-state index contributed by atoms with van der Waals surface area (Å²) in [5, 5.41) is 26.6. The summed E-state index contributed by atoms with van der Waals surface area (Å²) in [7, 11) is -2.13. The van der Waals surface area contributed by atoms with Crippen LogP contribution in [0.15, 0.2) is 49.1 Å². The van der Waals surface area contributed by atoms with E-state index in [1.807, 2.05) is 13.0 Å². The molecule has 0 aliphatic heterocycles. The minimum absolute atomic E-state index is 0.0816. The number of nitrogens with one attached hydrogen (secondary N) is 1. The third-order valence-electron chi connectivity index (χ3n) is 8.15. The maximum absolute atomic E-state index is 13.6. The normalized spacial score (nSPS) is 13.0. The number of rotatable bonds is 14.